The average Bonchev–Trinajstić information content (AvgIpc) is 2.99. The van der Waals surface area contributed by atoms with Crippen LogP contribution in [0.5, 0.6) is 0 Å². The van der Waals surface area contributed by atoms with Crippen molar-refractivity contribution in [1.29, 1.82) is 0 Å². The van der Waals surface area contributed by atoms with E-state index >= 15 is 0 Å². The van der Waals surface area contributed by atoms with Gasteiger partial charge >= 0.3 is 0 Å². The van der Waals surface area contributed by atoms with Crippen molar-refractivity contribution in [2.45, 2.75) is 18.8 Å². The summed E-state index contributed by atoms with van der Waals surface area (Å²) < 4.78 is 15.6. The topological polar surface area (TPSA) is 30.7 Å². The SMILES string of the molecule is Cn1cc(-c2cc(Cl)nc(F)c2C2CC2)cn1. The van der Waals surface area contributed by atoms with E-state index in [0.29, 0.717) is 5.56 Å². The molecule has 0 spiro atoms. The van der Waals surface area contributed by atoms with Crippen LogP contribution in [0.4, 0.5) is 4.39 Å². The van der Waals surface area contributed by atoms with Gasteiger partial charge in [0.15, 0.2) is 0 Å². The van der Waals surface area contributed by atoms with Crippen molar-refractivity contribution in [3.63, 3.8) is 0 Å². The first kappa shape index (κ1) is 10.7. The van der Waals surface area contributed by atoms with Crippen molar-refractivity contribution in [2.75, 3.05) is 0 Å². The molecule has 0 aliphatic heterocycles. The molecule has 1 saturated carbocycles. The van der Waals surface area contributed by atoms with Gasteiger partial charge in [-0.1, -0.05) is 11.6 Å². The molecular weight excluding hydrogens is 241 g/mol. The van der Waals surface area contributed by atoms with E-state index in [1.54, 1.807) is 16.9 Å². The van der Waals surface area contributed by atoms with Gasteiger partial charge in [-0.25, -0.2) is 4.98 Å². The van der Waals surface area contributed by atoms with Gasteiger partial charge in [0.25, 0.3) is 0 Å². The molecule has 17 heavy (non-hydrogen) atoms. The molecule has 3 rings (SSSR count). The van der Waals surface area contributed by atoms with Gasteiger partial charge in [0.1, 0.15) is 5.15 Å². The Morgan fingerprint density at radius 1 is 1.47 bits per heavy atom. The van der Waals surface area contributed by atoms with E-state index in [-0.39, 0.29) is 11.1 Å². The number of halogens is 2. The lowest BCUT2D eigenvalue weighted by molar-refractivity contribution is 0.568. The predicted molar refractivity (Wildman–Crippen MR) is 63.4 cm³/mol. The van der Waals surface area contributed by atoms with Crippen LogP contribution in [0.15, 0.2) is 18.5 Å². The Morgan fingerprint density at radius 2 is 2.24 bits per heavy atom. The molecule has 0 amide bonds. The van der Waals surface area contributed by atoms with Crippen LogP contribution in [0.1, 0.15) is 24.3 Å². The quantitative estimate of drug-likeness (QED) is 0.768. The molecule has 1 aliphatic rings. The predicted octanol–water partition coefficient (Wildman–Crippen LogP) is 3.15. The first-order valence-corrected chi connectivity index (χ1v) is 5.88. The second-order valence-corrected chi connectivity index (χ2v) is 4.76. The molecule has 0 aromatic carbocycles. The summed E-state index contributed by atoms with van der Waals surface area (Å²) in [6.07, 6.45) is 5.62. The summed E-state index contributed by atoms with van der Waals surface area (Å²) in [7, 11) is 1.83. The number of pyridine rings is 1. The maximum atomic E-state index is 13.9. The number of aromatic nitrogens is 3. The van der Waals surface area contributed by atoms with Crippen LogP contribution in [0, 0.1) is 5.95 Å². The summed E-state index contributed by atoms with van der Waals surface area (Å²) in [6, 6.07) is 1.72. The van der Waals surface area contributed by atoms with E-state index in [9.17, 15) is 4.39 Å². The Balaban J connectivity index is 2.19. The van der Waals surface area contributed by atoms with Crippen LogP contribution in [-0.2, 0) is 7.05 Å². The zero-order valence-corrected chi connectivity index (χ0v) is 10.1. The van der Waals surface area contributed by atoms with Gasteiger partial charge in [-0.05, 0) is 30.4 Å². The van der Waals surface area contributed by atoms with Crippen LogP contribution in [0.2, 0.25) is 5.15 Å². The van der Waals surface area contributed by atoms with Crippen LogP contribution in [-0.4, -0.2) is 14.8 Å². The number of hydrogen-bond donors (Lipinski definition) is 0. The highest BCUT2D eigenvalue weighted by molar-refractivity contribution is 6.29. The van der Waals surface area contributed by atoms with Gasteiger partial charge < -0.3 is 0 Å². The van der Waals surface area contributed by atoms with Gasteiger partial charge in [-0.15, -0.1) is 0 Å². The molecule has 0 radical (unpaired) electrons. The smallest absolute Gasteiger partial charge is 0.218 e. The van der Waals surface area contributed by atoms with Crippen LogP contribution in [0.25, 0.3) is 11.1 Å². The van der Waals surface area contributed by atoms with Crippen molar-refractivity contribution in [1.82, 2.24) is 14.8 Å². The Kier molecular flexibility index (Phi) is 2.40. The average molecular weight is 252 g/mol. The molecule has 0 N–H and O–H groups in total. The fourth-order valence-electron chi connectivity index (χ4n) is 2.05. The molecule has 2 heterocycles. The van der Waals surface area contributed by atoms with Gasteiger partial charge in [0.2, 0.25) is 5.95 Å². The minimum atomic E-state index is -0.446. The lowest BCUT2D eigenvalue weighted by Gasteiger charge is -2.08. The minimum Gasteiger partial charge on any atom is -0.275 e. The number of aryl methyl sites for hydroxylation is 1. The van der Waals surface area contributed by atoms with Crippen molar-refractivity contribution >= 4 is 11.6 Å². The van der Waals surface area contributed by atoms with E-state index in [1.165, 1.54) is 0 Å². The van der Waals surface area contributed by atoms with Gasteiger partial charge in [-0.2, -0.15) is 9.49 Å². The van der Waals surface area contributed by atoms with E-state index in [2.05, 4.69) is 10.1 Å². The van der Waals surface area contributed by atoms with Crippen molar-refractivity contribution in [3.8, 4) is 11.1 Å². The largest absolute Gasteiger partial charge is 0.275 e. The highest BCUT2D eigenvalue weighted by Gasteiger charge is 2.31. The monoisotopic (exact) mass is 251 g/mol. The minimum absolute atomic E-state index is 0.186. The molecule has 1 fully saturated rings. The Morgan fingerprint density at radius 3 is 2.82 bits per heavy atom. The molecule has 88 valence electrons. The number of rotatable bonds is 2. The molecular formula is C12H11ClFN3. The lowest BCUT2D eigenvalue weighted by atomic mass is 10.0. The van der Waals surface area contributed by atoms with Crippen molar-refractivity contribution in [3.05, 3.63) is 35.1 Å². The highest BCUT2D eigenvalue weighted by atomic mass is 35.5. The normalized spacial score (nSPS) is 15.2. The summed E-state index contributed by atoms with van der Waals surface area (Å²) in [5.74, 6) is -0.158. The zero-order chi connectivity index (χ0) is 12.0. The Bertz CT molecular complexity index is 575. The standard InChI is InChI=1S/C12H11ClFN3/c1-17-6-8(5-15-17)9-4-10(13)16-12(14)11(9)7-2-3-7/h4-7H,2-3H2,1H3. The third-order valence-corrected chi connectivity index (χ3v) is 3.18. The number of nitrogens with zero attached hydrogens (tertiary/aromatic N) is 3. The fraction of sp³-hybridized carbons (Fsp3) is 0.333. The zero-order valence-electron chi connectivity index (χ0n) is 9.32. The molecule has 2 aromatic heterocycles. The second-order valence-electron chi connectivity index (χ2n) is 4.37. The van der Waals surface area contributed by atoms with E-state index in [4.69, 9.17) is 11.6 Å². The molecule has 0 saturated heterocycles. The van der Waals surface area contributed by atoms with Crippen molar-refractivity contribution in [2.24, 2.45) is 7.05 Å². The molecule has 0 atom stereocenters. The van der Waals surface area contributed by atoms with Gasteiger partial charge in [0, 0.05) is 24.4 Å². The van der Waals surface area contributed by atoms with Crippen LogP contribution >= 0.6 is 11.6 Å². The summed E-state index contributed by atoms with van der Waals surface area (Å²) in [5, 5.41) is 4.29. The summed E-state index contributed by atoms with van der Waals surface area (Å²) in [4.78, 5) is 3.70. The Hall–Kier alpha value is -1.42. The third kappa shape index (κ3) is 1.93. The summed E-state index contributed by atoms with van der Waals surface area (Å²) in [5.41, 5.74) is 2.39. The van der Waals surface area contributed by atoms with Gasteiger partial charge in [0.05, 0.1) is 6.20 Å². The third-order valence-electron chi connectivity index (χ3n) is 2.98. The van der Waals surface area contributed by atoms with Crippen molar-refractivity contribution < 1.29 is 4.39 Å². The van der Waals surface area contributed by atoms with E-state index < -0.39 is 5.95 Å². The Labute approximate surface area is 103 Å². The number of hydrogen-bond acceptors (Lipinski definition) is 2. The van der Waals surface area contributed by atoms with E-state index in [0.717, 1.165) is 24.0 Å². The second kappa shape index (κ2) is 3.81. The molecule has 0 bridgehead atoms. The summed E-state index contributed by atoms with van der Waals surface area (Å²) >= 11 is 5.83. The van der Waals surface area contributed by atoms with Crippen LogP contribution in [0.3, 0.4) is 0 Å². The maximum absolute atomic E-state index is 13.9. The molecule has 0 unspecified atom stereocenters. The molecule has 1 aliphatic carbocycles. The highest BCUT2D eigenvalue weighted by Crippen LogP contribution is 2.45. The first-order chi connectivity index (χ1) is 8.15. The maximum Gasteiger partial charge on any atom is 0.218 e. The fourth-order valence-corrected chi connectivity index (χ4v) is 2.24. The lowest BCUT2D eigenvalue weighted by Crippen LogP contribution is -1.96. The molecule has 2 aromatic rings. The molecule has 3 nitrogen and oxygen atoms in total. The first-order valence-electron chi connectivity index (χ1n) is 5.50. The van der Waals surface area contributed by atoms with Gasteiger partial charge in [-0.3, -0.25) is 4.68 Å². The van der Waals surface area contributed by atoms with Crippen LogP contribution < -0.4 is 0 Å². The molecule has 5 heteroatoms. The van der Waals surface area contributed by atoms with E-state index in [1.807, 2.05) is 13.2 Å². The summed E-state index contributed by atoms with van der Waals surface area (Å²) in [6.45, 7) is 0.